The number of thioether (sulfide) groups is 1. The number of amides is 1. The molecule has 1 aromatic heterocycles. The van der Waals surface area contributed by atoms with Gasteiger partial charge in [0.2, 0.25) is 11.0 Å². The van der Waals surface area contributed by atoms with Crippen molar-refractivity contribution in [1.82, 2.24) is 15.5 Å². The molecule has 0 fully saturated rings. The fourth-order valence-electron chi connectivity index (χ4n) is 1.62. The first-order chi connectivity index (χ1) is 9.95. The van der Waals surface area contributed by atoms with Crippen molar-refractivity contribution in [2.75, 3.05) is 11.5 Å². The average Bonchev–Trinajstić information content (AvgIpc) is 2.82. The van der Waals surface area contributed by atoms with Gasteiger partial charge in [-0.3, -0.25) is 4.79 Å². The van der Waals surface area contributed by atoms with Gasteiger partial charge in [-0.25, -0.2) is 8.78 Å². The molecule has 2 rings (SSSR count). The summed E-state index contributed by atoms with van der Waals surface area (Å²) in [6.07, 6.45) is 0. The molecule has 1 amide bonds. The lowest BCUT2D eigenvalue weighted by Crippen LogP contribution is -2.28. The van der Waals surface area contributed by atoms with Gasteiger partial charge >= 0.3 is 0 Å². The number of anilines is 1. The Kier molecular flexibility index (Phi) is 5.07. The molecule has 1 heterocycles. The van der Waals surface area contributed by atoms with E-state index in [1.165, 1.54) is 29.2 Å². The van der Waals surface area contributed by atoms with Gasteiger partial charge in [-0.2, -0.15) is 0 Å². The smallest absolute Gasteiger partial charge is 0.230 e. The predicted octanol–water partition coefficient (Wildman–Crippen LogP) is 2.37. The summed E-state index contributed by atoms with van der Waals surface area (Å²) in [6, 6.07) is 2.70. The predicted molar refractivity (Wildman–Crippen MR) is 78.0 cm³/mol. The number of benzene rings is 1. The van der Waals surface area contributed by atoms with Crippen LogP contribution in [0.3, 0.4) is 0 Å². The van der Waals surface area contributed by atoms with Crippen LogP contribution in [0.4, 0.5) is 13.9 Å². The summed E-state index contributed by atoms with van der Waals surface area (Å²) in [5.41, 5.74) is 5.66. The van der Waals surface area contributed by atoms with E-state index in [1.807, 2.05) is 0 Å². The average molecular weight is 330 g/mol. The van der Waals surface area contributed by atoms with Crippen LogP contribution in [0.5, 0.6) is 0 Å². The molecular weight excluding hydrogens is 318 g/mol. The van der Waals surface area contributed by atoms with Gasteiger partial charge in [-0.15, -0.1) is 10.2 Å². The molecule has 0 saturated heterocycles. The molecule has 0 aliphatic rings. The van der Waals surface area contributed by atoms with Crippen molar-refractivity contribution in [3.05, 3.63) is 35.4 Å². The molecule has 1 atom stereocenters. The highest BCUT2D eigenvalue weighted by atomic mass is 32.2. The molecule has 112 valence electrons. The zero-order valence-electron chi connectivity index (χ0n) is 11.0. The topological polar surface area (TPSA) is 80.9 Å². The quantitative estimate of drug-likeness (QED) is 0.823. The zero-order valence-corrected chi connectivity index (χ0v) is 12.6. The number of carbonyl (C=O) groups is 1. The molecule has 2 aromatic rings. The van der Waals surface area contributed by atoms with Crippen LogP contribution in [0, 0.1) is 11.6 Å². The number of carbonyl (C=O) groups excluding carboxylic acids is 1. The van der Waals surface area contributed by atoms with E-state index in [2.05, 4.69) is 15.5 Å². The van der Waals surface area contributed by atoms with Crippen LogP contribution < -0.4 is 11.1 Å². The second-order valence-corrected chi connectivity index (χ2v) is 6.38. The van der Waals surface area contributed by atoms with Crippen molar-refractivity contribution in [2.45, 2.75) is 17.3 Å². The third-order valence-electron chi connectivity index (χ3n) is 2.56. The number of nitrogens with one attached hydrogen (secondary N) is 1. The van der Waals surface area contributed by atoms with E-state index in [1.54, 1.807) is 6.92 Å². The third-order valence-corrected chi connectivity index (χ3v) is 4.44. The summed E-state index contributed by atoms with van der Waals surface area (Å²) in [5.74, 6) is -1.52. The molecule has 9 heteroatoms. The van der Waals surface area contributed by atoms with Crippen molar-refractivity contribution < 1.29 is 13.6 Å². The largest absolute Gasteiger partial charge is 0.374 e. The van der Waals surface area contributed by atoms with E-state index in [0.717, 1.165) is 12.1 Å². The first-order valence-corrected chi connectivity index (χ1v) is 7.72. The standard InChI is InChI=1S/C12H12F2N4OS2/c1-6(8-3-2-7(13)4-9(8)14)16-10(19)5-20-12-18-17-11(15)21-12/h2-4,6H,5H2,1H3,(H2,15,17)(H,16,19)/t6-/m1/s1. The molecule has 0 radical (unpaired) electrons. The van der Waals surface area contributed by atoms with Crippen molar-refractivity contribution in [3.8, 4) is 0 Å². The van der Waals surface area contributed by atoms with Gasteiger partial charge in [-0.05, 0) is 13.0 Å². The van der Waals surface area contributed by atoms with Crippen molar-refractivity contribution in [3.63, 3.8) is 0 Å². The summed E-state index contributed by atoms with van der Waals surface area (Å²) in [5, 5.41) is 10.4. The Hall–Kier alpha value is -1.74. The van der Waals surface area contributed by atoms with Gasteiger partial charge in [0.05, 0.1) is 11.8 Å². The summed E-state index contributed by atoms with van der Waals surface area (Å²) in [7, 11) is 0. The van der Waals surface area contributed by atoms with Crippen molar-refractivity contribution in [1.29, 1.82) is 0 Å². The lowest BCUT2D eigenvalue weighted by atomic mass is 10.1. The molecule has 0 aliphatic carbocycles. The molecule has 3 N–H and O–H groups in total. The van der Waals surface area contributed by atoms with Crippen LogP contribution in [0.2, 0.25) is 0 Å². The van der Waals surface area contributed by atoms with Gasteiger partial charge in [0.15, 0.2) is 4.34 Å². The first-order valence-electron chi connectivity index (χ1n) is 5.92. The fourth-order valence-corrected chi connectivity index (χ4v) is 3.07. The van der Waals surface area contributed by atoms with Gasteiger partial charge in [-0.1, -0.05) is 29.2 Å². The first kappa shape index (κ1) is 15.6. The minimum atomic E-state index is -0.688. The number of aromatic nitrogens is 2. The van der Waals surface area contributed by atoms with Crippen LogP contribution in [-0.4, -0.2) is 21.9 Å². The highest BCUT2D eigenvalue weighted by Crippen LogP contribution is 2.23. The van der Waals surface area contributed by atoms with E-state index >= 15 is 0 Å². The van der Waals surface area contributed by atoms with E-state index in [9.17, 15) is 13.6 Å². The minimum absolute atomic E-state index is 0.113. The van der Waals surface area contributed by atoms with Crippen molar-refractivity contribution in [2.24, 2.45) is 0 Å². The Morgan fingerprint density at radius 2 is 2.24 bits per heavy atom. The maximum absolute atomic E-state index is 13.6. The molecule has 5 nitrogen and oxygen atoms in total. The third kappa shape index (κ3) is 4.36. The number of rotatable bonds is 5. The monoisotopic (exact) mass is 330 g/mol. The second kappa shape index (κ2) is 6.81. The molecule has 0 unspecified atom stereocenters. The van der Waals surface area contributed by atoms with Gasteiger partial charge in [0.1, 0.15) is 11.6 Å². The fraction of sp³-hybridized carbons (Fsp3) is 0.250. The Balaban J connectivity index is 1.89. The number of nitrogens with two attached hydrogens (primary N) is 1. The van der Waals surface area contributed by atoms with Crippen molar-refractivity contribution >= 4 is 34.1 Å². The SMILES string of the molecule is C[C@@H](NC(=O)CSc1nnc(N)s1)c1ccc(F)cc1F. The number of nitrogens with zero attached hydrogens (tertiary/aromatic N) is 2. The Bertz CT molecular complexity index is 650. The molecule has 21 heavy (non-hydrogen) atoms. The molecule has 1 aromatic carbocycles. The maximum Gasteiger partial charge on any atom is 0.230 e. The number of halogens is 2. The normalized spacial score (nSPS) is 12.1. The molecule has 0 bridgehead atoms. The van der Waals surface area contributed by atoms with E-state index in [4.69, 9.17) is 5.73 Å². The molecule has 0 spiro atoms. The van der Waals surface area contributed by atoms with E-state index in [-0.39, 0.29) is 17.2 Å². The van der Waals surface area contributed by atoms with Crippen LogP contribution in [-0.2, 0) is 4.79 Å². The van der Waals surface area contributed by atoms with Gasteiger partial charge < -0.3 is 11.1 Å². The number of nitrogen functional groups attached to an aromatic ring is 1. The lowest BCUT2D eigenvalue weighted by molar-refractivity contribution is -0.119. The lowest BCUT2D eigenvalue weighted by Gasteiger charge is -2.14. The highest BCUT2D eigenvalue weighted by molar-refractivity contribution is 8.01. The van der Waals surface area contributed by atoms with E-state index < -0.39 is 17.7 Å². The highest BCUT2D eigenvalue weighted by Gasteiger charge is 2.15. The summed E-state index contributed by atoms with van der Waals surface area (Å²) in [4.78, 5) is 11.8. The van der Waals surface area contributed by atoms with Crippen LogP contribution >= 0.6 is 23.1 Å². The van der Waals surface area contributed by atoms with E-state index in [0.29, 0.717) is 9.47 Å². The summed E-state index contributed by atoms with van der Waals surface area (Å²) >= 11 is 2.38. The minimum Gasteiger partial charge on any atom is -0.374 e. The van der Waals surface area contributed by atoms with Gasteiger partial charge in [0.25, 0.3) is 0 Å². The zero-order chi connectivity index (χ0) is 15.4. The molecule has 0 saturated carbocycles. The maximum atomic E-state index is 13.6. The number of hydrogen-bond acceptors (Lipinski definition) is 6. The Labute approximate surface area is 128 Å². The summed E-state index contributed by atoms with van der Waals surface area (Å²) < 4.78 is 27.0. The van der Waals surface area contributed by atoms with Gasteiger partial charge in [0, 0.05) is 11.6 Å². The van der Waals surface area contributed by atoms with Crippen LogP contribution in [0.1, 0.15) is 18.5 Å². The Morgan fingerprint density at radius 3 is 2.86 bits per heavy atom. The molecular formula is C12H12F2N4OS2. The van der Waals surface area contributed by atoms with Crippen LogP contribution in [0.15, 0.2) is 22.5 Å². The van der Waals surface area contributed by atoms with Crippen LogP contribution in [0.25, 0.3) is 0 Å². The Morgan fingerprint density at radius 1 is 1.48 bits per heavy atom. The summed E-state index contributed by atoms with van der Waals surface area (Å²) in [6.45, 7) is 1.63. The molecule has 0 aliphatic heterocycles. The number of hydrogen-bond donors (Lipinski definition) is 2. The second-order valence-electron chi connectivity index (χ2n) is 4.15.